The molecule has 0 fully saturated rings. The van der Waals surface area contributed by atoms with Gasteiger partial charge in [0.25, 0.3) is 5.91 Å². The Bertz CT molecular complexity index is 1410. The fourth-order valence-corrected chi connectivity index (χ4v) is 6.01. The lowest BCUT2D eigenvalue weighted by Crippen LogP contribution is -2.31. The molecule has 1 aliphatic rings. The number of phenols is 1. The molecule has 0 aliphatic carbocycles. The van der Waals surface area contributed by atoms with Crippen LogP contribution in [0.4, 0.5) is 5.13 Å². The zero-order valence-corrected chi connectivity index (χ0v) is 21.6. The van der Waals surface area contributed by atoms with Crippen molar-refractivity contribution in [2.45, 2.75) is 40.7 Å². The van der Waals surface area contributed by atoms with Crippen LogP contribution < -0.4 is 4.90 Å². The first-order chi connectivity index (χ1) is 16.5. The van der Waals surface area contributed by atoms with Gasteiger partial charge in [-0.3, -0.25) is 14.5 Å². The average Bonchev–Trinajstić information content (AvgIpc) is 3.43. The second-order valence-corrected chi connectivity index (χ2v) is 10.4. The number of Topliss-reactive ketones (excluding diaryl/α,β-unsaturated/α-hetero) is 1. The van der Waals surface area contributed by atoms with Crippen molar-refractivity contribution in [1.29, 1.82) is 0 Å². The fourth-order valence-electron chi connectivity index (χ4n) is 4.13. The number of anilines is 1. The van der Waals surface area contributed by atoms with Crippen LogP contribution in [0.5, 0.6) is 5.75 Å². The third-order valence-corrected chi connectivity index (χ3v) is 7.96. The van der Waals surface area contributed by atoms with E-state index in [0.717, 1.165) is 11.3 Å². The summed E-state index contributed by atoms with van der Waals surface area (Å²) in [6.07, 6.45) is 0. The van der Waals surface area contributed by atoms with Crippen LogP contribution in [0.3, 0.4) is 0 Å². The highest BCUT2D eigenvalue weighted by Gasteiger charge is 2.47. The molecule has 1 unspecified atom stereocenters. The van der Waals surface area contributed by atoms with Gasteiger partial charge in [0.05, 0.1) is 40.0 Å². The van der Waals surface area contributed by atoms with Crippen molar-refractivity contribution < 1.29 is 29.3 Å². The Kier molecular flexibility index (Phi) is 6.24. The van der Waals surface area contributed by atoms with Crippen LogP contribution in [-0.2, 0) is 9.53 Å². The Morgan fingerprint density at radius 3 is 2.11 bits per heavy atom. The zero-order valence-electron chi connectivity index (χ0n) is 19.9. The molecule has 0 radical (unpaired) electrons. The van der Waals surface area contributed by atoms with Gasteiger partial charge in [-0.2, -0.15) is 0 Å². The van der Waals surface area contributed by atoms with Crippen LogP contribution in [0, 0.1) is 34.6 Å². The predicted octanol–water partition coefficient (Wildman–Crippen LogP) is 4.42. The summed E-state index contributed by atoms with van der Waals surface area (Å²) < 4.78 is 4.81. The Balaban J connectivity index is 1.94. The number of methoxy groups -OCH3 is 1. The van der Waals surface area contributed by atoms with E-state index in [-0.39, 0.29) is 21.3 Å². The summed E-state index contributed by atoms with van der Waals surface area (Å²) in [6, 6.07) is 2.28. The number of aromatic hydroxyl groups is 1. The topological polar surface area (TPSA) is 130 Å². The van der Waals surface area contributed by atoms with E-state index < -0.39 is 29.5 Å². The number of amides is 1. The molecular weight excluding hydrogens is 490 g/mol. The lowest BCUT2D eigenvalue weighted by atomic mass is 9.92. The quantitative estimate of drug-likeness (QED) is 0.379. The maximum absolute atomic E-state index is 13.7. The van der Waals surface area contributed by atoms with Gasteiger partial charge in [-0.15, -0.1) is 11.3 Å². The number of aromatic nitrogens is 2. The number of nitrogens with zero attached hydrogens (tertiary/aromatic N) is 3. The summed E-state index contributed by atoms with van der Waals surface area (Å²) in [7, 11) is 1.25. The molecule has 3 aromatic rings. The summed E-state index contributed by atoms with van der Waals surface area (Å²) in [4.78, 5) is 49.7. The Morgan fingerprint density at radius 1 is 0.971 bits per heavy atom. The summed E-state index contributed by atoms with van der Waals surface area (Å²) in [5.74, 6) is -2.53. The van der Waals surface area contributed by atoms with Gasteiger partial charge in [0.15, 0.2) is 10.9 Å². The van der Waals surface area contributed by atoms with E-state index in [1.165, 1.54) is 23.3 Å². The number of carbonyl (C=O) groups is 3. The lowest BCUT2D eigenvalue weighted by Gasteiger charge is -2.25. The molecule has 11 heteroatoms. The lowest BCUT2D eigenvalue weighted by molar-refractivity contribution is -0.117. The number of carbonyl (C=O) groups excluding carboxylic acids is 3. The van der Waals surface area contributed by atoms with E-state index in [2.05, 4.69) is 9.97 Å². The molecule has 0 saturated carbocycles. The molecule has 4 rings (SSSR count). The standard InChI is InChI=1S/C24H23N3O6S2/c1-9-7-14(8-10(2)17(9)28)16-15(18(29)20-11(3)25-13(5)34-20)19(30)22(31)27(16)24-26-12(4)21(35-24)23(32)33-6/h7-8,16,28,30H,1-6H3. The molecular formula is C24H23N3O6S2. The van der Waals surface area contributed by atoms with Crippen molar-refractivity contribution in [1.82, 2.24) is 9.97 Å². The van der Waals surface area contributed by atoms with E-state index in [4.69, 9.17) is 4.74 Å². The SMILES string of the molecule is COC(=O)c1sc(N2C(=O)C(O)=C(C(=O)c3sc(C)nc3C)C2c2cc(C)c(O)c(C)c2)nc1C. The first-order valence-corrected chi connectivity index (χ1v) is 12.2. The van der Waals surface area contributed by atoms with Crippen LogP contribution in [0.1, 0.15) is 58.5 Å². The number of ether oxygens (including phenoxy) is 1. The molecule has 1 aliphatic heterocycles. The van der Waals surface area contributed by atoms with E-state index in [1.54, 1.807) is 46.8 Å². The summed E-state index contributed by atoms with van der Waals surface area (Å²) in [6.45, 7) is 8.49. The largest absolute Gasteiger partial charge is 0.507 e. The van der Waals surface area contributed by atoms with Gasteiger partial charge < -0.3 is 14.9 Å². The summed E-state index contributed by atoms with van der Waals surface area (Å²) >= 11 is 2.11. The minimum Gasteiger partial charge on any atom is -0.507 e. The normalized spacial score (nSPS) is 15.8. The number of rotatable bonds is 5. The Labute approximate surface area is 209 Å². The first kappa shape index (κ1) is 24.6. The van der Waals surface area contributed by atoms with Crippen molar-refractivity contribution in [2.24, 2.45) is 0 Å². The average molecular weight is 514 g/mol. The number of thiazole rings is 2. The third-order valence-electron chi connectivity index (χ3n) is 5.75. The molecule has 0 saturated heterocycles. The number of esters is 1. The van der Waals surface area contributed by atoms with Gasteiger partial charge in [-0.05, 0) is 63.4 Å². The molecule has 3 heterocycles. The van der Waals surface area contributed by atoms with E-state index >= 15 is 0 Å². The number of aryl methyl sites for hydroxylation is 5. The van der Waals surface area contributed by atoms with Crippen LogP contribution >= 0.6 is 22.7 Å². The zero-order chi connectivity index (χ0) is 25.8. The van der Waals surface area contributed by atoms with Gasteiger partial charge in [-0.1, -0.05) is 11.3 Å². The summed E-state index contributed by atoms with van der Waals surface area (Å²) in [5.41, 5.74) is 2.33. The van der Waals surface area contributed by atoms with Crippen LogP contribution in [-0.4, -0.2) is 45.0 Å². The molecule has 2 aromatic heterocycles. The molecule has 9 nitrogen and oxygen atoms in total. The monoisotopic (exact) mass is 513 g/mol. The van der Waals surface area contributed by atoms with Crippen LogP contribution in [0.15, 0.2) is 23.5 Å². The molecule has 1 aromatic carbocycles. The number of aliphatic hydroxyl groups is 1. The van der Waals surface area contributed by atoms with Crippen LogP contribution in [0.25, 0.3) is 0 Å². The van der Waals surface area contributed by atoms with Crippen molar-refractivity contribution in [3.8, 4) is 5.75 Å². The van der Waals surface area contributed by atoms with Gasteiger partial charge >= 0.3 is 5.97 Å². The molecule has 0 bridgehead atoms. The second kappa shape index (κ2) is 8.90. The molecule has 35 heavy (non-hydrogen) atoms. The molecule has 1 amide bonds. The maximum Gasteiger partial charge on any atom is 0.350 e. The maximum atomic E-state index is 13.7. The van der Waals surface area contributed by atoms with Crippen molar-refractivity contribution in [2.75, 3.05) is 12.0 Å². The number of phenolic OH excluding ortho intramolecular Hbond substituents is 1. The minimum absolute atomic E-state index is 0.0951. The Hall–Kier alpha value is -3.57. The van der Waals surface area contributed by atoms with Crippen LogP contribution in [0.2, 0.25) is 0 Å². The molecule has 1 atom stereocenters. The highest BCUT2D eigenvalue weighted by atomic mass is 32.1. The smallest absolute Gasteiger partial charge is 0.350 e. The Morgan fingerprint density at radius 2 is 1.57 bits per heavy atom. The van der Waals surface area contributed by atoms with Gasteiger partial charge in [0, 0.05) is 0 Å². The minimum atomic E-state index is -1.04. The van der Waals surface area contributed by atoms with E-state index in [1.807, 2.05) is 0 Å². The number of hydrogen-bond donors (Lipinski definition) is 2. The fraction of sp³-hybridized carbons (Fsp3) is 0.292. The first-order valence-electron chi connectivity index (χ1n) is 10.6. The number of benzene rings is 1. The number of hydrogen-bond acceptors (Lipinski definition) is 10. The predicted molar refractivity (Wildman–Crippen MR) is 132 cm³/mol. The van der Waals surface area contributed by atoms with Crippen molar-refractivity contribution >= 4 is 45.5 Å². The molecule has 182 valence electrons. The van der Waals surface area contributed by atoms with Gasteiger partial charge in [-0.25, -0.2) is 14.8 Å². The van der Waals surface area contributed by atoms with Gasteiger partial charge in [0.2, 0.25) is 5.78 Å². The number of aliphatic hydroxyl groups excluding tert-OH is 1. The molecule has 0 spiro atoms. The molecule has 2 N–H and O–H groups in total. The number of ketones is 1. The van der Waals surface area contributed by atoms with E-state index in [0.29, 0.717) is 38.0 Å². The highest BCUT2D eigenvalue weighted by molar-refractivity contribution is 7.17. The highest BCUT2D eigenvalue weighted by Crippen LogP contribution is 2.45. The third kappa shape index (κ3) is 4.00. The van der Waals surface area contributed by atoms with Gasteiger partial charge in [0.1, 0.15) is 10.6 Å². The second-order valence-electron chi connectivity index (χ2n) is 8.22. The van der Waals surface area contributed by atoms with Crippen molar-refractivity contribution in [3.05, 3.63) is 66.3 Å². The van der Waals surface area contributed by atoms with E-state index in [9.17, 15) is 24.6 Å². The van der Waals surface area contributed by atoms with Crippen molar-refractivity contribution in [3.63, 3.8) is 0 Å². The summed E-state index contributed by atoms with van der Waals surface area (Å²) in [5, 5.41) is 22.1.